The Kier molecular flexibility index (Phi) is 4.71. The summed E-state index contributed by atoms with van der Waals surface area (Å²) in [6.07, 6.45) is 2.84. The monoisotopic (exact) mass is 364 g/mol. The van der Waals surface area contributed by atoms with Gasteiger partial charge in [0.1, 0.15) is 0 Å². The molecule has 8 heteroatoms. The van der Waals surface area contributed by atoms with Crippen molar-refractivity contribution in [3.8, 4) is 0 Å². The largest absolute Gasteiger partial charge is 0.378 e. The van der Waals surface area contributed by atoms with Gasteiger partial charge in [-0.25, -0.2) is 4.52 Å². The summed E-state index contributed by atoms with van der Waals surface area (Å²) in [4.78, 5) is 16.6. The van der Waals surface area contributed by atoms with Gasteiger partial charge in [-0.05, 0) is 25.1 Å². The Morgan fingerprint density at radius 3 is 2.67 bits per heavy atom. The number of rotatable bonds is 4. The van der Waals surface area contributed by atoms with Crippen LogP contribution in [-0.2, 0) is 11.3 Å². The number of halogens is 2. The van der Waals surface area contributed by atoms with E-state index >= 15 is 0 Å². The van der Waals surface area contributed by atoms with Crippen LogP contribution in [0, 0.1) is 6.92 Å². The number of hydrogen-bond donors (Lipinski definition) is 1. The van der Waals surface area contributed by atoms with Gasteiger partial charge in [-0.3, -0.25) is 9.78 Å². The van der Waals surface area contributed by atoms with Crippen LogP contribution in [0.4, 0.5) is 5.69 Å². The van der Waals surface area contributed by atoms with Crippen LogP contribution in [0.15, 0.2) is 30.6 Å². The number of carbonyl (C=O) groups is 1. The molecule has 0 spiro atoms. The Morgan fingerprint density at radius 1 is 1.29 bits per heavy atom. The molecule has 24 heavy (non-hydrogen) atoms. The minimum atomic E-state index is -0.334. The first-order valence-electron chi connectivity index (χ1n) is 7.09. The number of amides is 1. The minimum Gasteiger partial charge on any atom is -0.378 e. The van der Waals surface area contributed by atoms with Gasteiger partial charge in [0.15, 0.2) is 0 Å². The SMILES string of the molecule is COCc1cc2c(C(=O)Nc3c(Cl)cncc3Cl)ccc(C)n2n1. The number of carbonyl (C=O) groups excluding carboxylic acids is 1. The summed E-state index contributed by atoms with van der Waals surface area (Å²) in [5.74, 6) is -0.334. The zero-order chi connectivity index (χ0) is 17.3. The molecule has 0 fully saturated rings. The third kappa shape index (κ3) is 3.08. The minimum absolute atomic E-state index is 0.271. The van der Waals surface area contributed by atoms with E-state index in [4.69, 9.17) is 27.9 Å². The van der Waals surface area contributed by atoms with Crippen LogP contribution in [-0.4, -0.2) is 27.6 Å². The highest BCUT2D eigenvalue weighted by atomic mass is 35.5. The first-order valence-corrected chi connectivity index (χ1v) is 7.84. The average molecular weight is 365 g/mol. The topological polar surface area (TPSA) is 68.5 Å². The van der Waals surface area contributed by atoms with E-state index in [1.54, 1.807) is 17.7 Å². The highest BCUT2D eigenvalue weighted by molar-refractivity contribution is 6.39. The normalized spacial score (nSPS) is 11.0. The van der Waals surface area contributed by atoms with Crippen molar-refractivity contribution in [2.45, 2.75) is 13.5 Å². The molecule has 3 heterocycles. The van der Waals surface area contributed by atoms with E-state index in [0.717, 1.165) is 11.4 Å². The van der Waals surface area contributed by atoms with Gasteiger partial charge in [0.2, 0.25) is 0 Å². The van der Waals surface area contributed by atoms with Crippen LogP contribution in [0.3, 0.4) is 0 Å². The Bertz CT molecular complexity index is 904. The predicted molar refractivity (Wildman–Crippen MR) is 92.9 cm³/mol. The van der Waals surface area contributed by atoms with Gasteiger partial charge < -0.3 is 10.1 Å². The molecule has 0 aliphatic heterocycles. The van der Waals surface area contributed by atoms with Gasteiger partial charge >= 0.3 is 0 Å². The van der Waals surface area contributed by atoms with Crippen LogP contribution in [0.1, 0.15) is 21.7 Å². The zero-order valence-electron chi connectivity index (χ0n) is 13.0. The van der Waals surface area contributed by atoms with Crippen LogP contribution in [0.25, 0.3) is 5.52 Å². The van der Waals surface area contributed by atoms with Crippen molar-refractivity contribution in [2.24, 2.45) is 0 Å². The van der Waals surface area contributed by atoms with Crippen molar-refractivity contribution in [3.05, 3.63) is 57.6 Å². The van der Waals surface area contributed by atoms with Crippen LogP contribution in [0.5, 0.6) is 0 Å². The van der Waals surface area contributed by atoms with Crippen LogP contribution >= 0.6 is 23.2 Å². The fourth-order valence-electron chi connectivity index (χ4n) is 2.37. The summed E-state index contributed by atoms with van der Waals surface area (Å²) in [5, 5.41) is 7.71. The first-order chi connectivity index (χ1) is 11.5. The molecular weight excluding hydrogens is 351 g/mol. The predicted octanol–water partition coefficient (Wildman–Crippen LogP) is 3.74. The number of fused-ring (bicyclic) bond motifs is 1. The fraction of sp³-hybridized carbons (Fsp3) is 0.188. The van der Waals surface area contributed by atoms with Crippen molar-refractivity contribution >= 4 is 40.3 Å². The fourth-order valence-corrected chi connectivity index (χ4v) is 2.83. The van der Waals surface area contributed by atoms with Gasteiger partial charge in [-0.1, -0.05) is 23.2 Å². The van der Waals surface area contributed by atoms with E-state index in [1.807, 2.05) is 19.1 Å². The Morgan fingerprint density at radius 2 is 2.00 bits per heavy atom. The second kappa shape index (κ2) is 6.76. The highest BCUT2D eigenvalue weighted by Crippen LogP contribution is 2.29. The third-order valence-electron chi connectivity index (χ3n) is 3.49. The number of methoxy groups -OCH3 is 1. The van der Waals surface area contributed by atoms with Gasteiger partial charge in [0.25, 0.3) is 5.91 Å². The van der Waals surface area contributed by atoms with Crippen molar-refractivity contribution in [1.29, 1.82) is 0 Å². The molecule has 1 N–H and O–H groups in total. The number of aryl methyl sites for hydroxylation is 1. The highest BCUT2D eigenvalue weighted by Gasteiger charge is 2.17. The molecule has 0 atom stereocenters. The molecule has 0 radical (unpaired) electrons. The summed E-state index contributed by atoms with van der Waals surface area (Å²) >= 11 is 12.1. The maximum absolute atomic E-state index is 12.7. The molecule has 1 amide bonds. The molecule has 0 unspecified atom stereocenters. The lowest BCUT2D eigenvalue weighted by Crippen LogP contribution is -2.14. The summed E-state index contributed by atoms with van der Waals surface area (Å²) in [6, 6.07) is 5.38. The summed E-state index contributed by atoms with van der Waals surface area (Å²) in [5.41, 5.74) is 3.11. The number of pyridine rings is 2. The molecule has 0 bridgehead atoms. The van der Waals surface area contributed by atoms with Gasteiger partial charge in [0, 0.05) is 25.2 Å². The molecular formula is C16H14Cl2N4O2. The van der Waals surface area contributed by atoms with Crippen molar-refractivity contribution in [1.82, 2.24) is 14.6 Å². The lowest BCUT2D eigenvalue weighted by molar-refractivity contribution is 0.102. The van der Waals surface area contributed by atoms with Crippen molar-refractivity contribution < 1.29 is 9.53 Å². The van der Waals surface area contributed by atoms with E-state index in [1.165, 1.54) is 12.4 Å². The van der Waals surface area contributed by atoms with Crippen LogP contribution < -0.4 is 5.32 Å². The van der Waals surface area contributed by atoms with E-state index in [0.29, 0.717) is 23.4 Å². The number of anilines is 1. The molecule has 0 aliphatic rings. The van der Waals surface area contributed by atoms with Gasteiger partial charge in [0.05, 0.1) is 39.1 Å². The number of ether oxygens (including phenoxy) is 1. The standard InChI is InChI=1S/C16H14Cl2N4O2/c1-9-3-4-11(14-5-10(8-24-2)21-22(9)14)16(23)20-15-12(17)6-19-7-13(15)18/h3-7H,8H2,1-2H3,(H,19,20,23). The zero-order valence-corrected chi connectivity index (χ0v) is 14.5. The summed E-state index contributed by atoms with van der Waals surface area (Å²) < 4.78 is 6.81. The number of aromatic nitrogens is 3. The van der Waals surface area contributed by atoms with E-state index in [9.17, 15) is 4.79 Å². The Hall–Kier alpha value is -2.15. The van der Waals surface area contributed by atoms with Crippen LogP contribution in [0.2, 0.25) is 10.0 Å². The van der Waals surface area contributed by atoms with E-state index in [2.05, 4.69) is 15.4 Å². The Balaban J connectivity index is 2.02. The smallest absolute Gasteiger partial charge is 0.257 e. The third-order valence-corrected chi connectivity index (χ3v) is 4.06. The maximum Gasteiger partial charge on any atom is 0.257 e. The number of nitrogens with one attached hydrogen (secondary N) is 1. The van der Waals surface area contributed by atoms with E-state index in [-0.39, 0.29) is 16.0 Å². The van der Waals surface area contributed by atoms with Gasteiger partial charge in [-0.2, -0.15) is 5.10 Å². The van der Waals surface area contributed by atoms with Crippen molar-refractivity contribution in [3.63, 3.8) is 0 Å². The Labute approximate surface area is 148 Å². The second-order valence-corrected chi connectivity index (χ2v) is 6.00. The quantitative estimate of drug-likeness (QED) is 0.765. The molecule has 6 nitrogen and oxygen atoms in total. The van der Waals surface area contributed by atoms with Gasteiger partial charge in [-0.15, -0.1) is 0 Å². The molecule has 3 aromatic heterocycles. The van der Waals surface area contributed by atoms with E-state index < -0.39 is 0 Å². The number of nitrogens with zero attached hydrogens (tertiary/aromatic N) is 3. The lowest BCUT2D eigenvalue weighted by atomic mass is 10.2. The molecule has 0 saturated heterocycles. The number of hydrogen-bond acceptors (Lipinski definition) is 4. The molecule has 0 aliphatic carbocycles. The second-order valence-electron chi connectivity index (χ2n) is 5.19. The molecule has 3 rings (SSSR count). The molecule has 3 aromatic rings. The average Bonchev–Trinajstić information content (AvgIpc) is 2.96. The molecule has 124 valence electrons. The maximum atomic E-state index is 12.7. The molecule has 0 aromatic carbocycles. The summed E-state index contributed by atoms with van der Waals surface area (Å²) in [6.45, 7) is 2.28. The summed E-state index contributed by atoms with van der Waals surface area (Å²) in [7, 11) is 1.60. The van der Waals surface area contributed by atoms with Crippen molar-refractivity contribution in [2.75, 3.05) is 12.4 Å². The lowest BCUT2D eigenvalue weighted by Gasteiger charge is -2.10. The molecule has 0 saturated carbocycles. The first kappa shape index (κ1) is 16.7.